The van der Waals surface area contributed by atoms with Gasteiger partial charge >= 0.3 is 43.2 Å². The fourth-order valence-corrected chi connectivity index (χ4v) is 9.51. The number of aliphatic carboxylic acids is 1. The summed E-state index contributed by atoms with van der Waals surface area (Å²) in [6, 6.07) is 31.4. The van der Waals surface area contributed by atoms with E-state index in [0.717, 1.165) is 57.1 Å². The predicted octanol–water partition coefficient (Wildman–Crippen LogP) is 10.3. The average Bonchev–Trinajstić information content (AvgIpc) is 4.11. The first kappa shape index (κ1) is 55.9. The van der Waals surface area contributed by atoms with Crippen LogP contribution in [0.5, 0.6) is 0 Å². The van der Waals surface area contributed by atoms with Gasteiger partial charge in [-0.3, -0.25) is 18.7 Å². The number of thiophene rings is 2. The number of aromatic nitrogens is 4. The van der Waals surface area contributed by atoms with Crippen molar-refractivity contribution >= 4 is 57.8 Å². The Balaban J connectivity index is 0.000000282. The standard InChI is InChI=1S/C24H18ClF3N2O2S.C23H16ClF3N2O2S.CH4O.Li.H2O/c1-14-11-15(12-22(31)32-2)7-8-16(14)19-9-10-20(33-19)23-29-21(24(26,27)28)13-30(23)18-6-4-3-5-17(18)25;1-13-10-14(11-21(30)31)6-7-15(13)18-8-9-19(32-18)22-28-20(23(25,26)27)12-29(22)17-5-3-2-4-16(17)24;1-2;;/h3-11,13H,12H2,1-2H3;2-10,12H,11H2,1H3,(H,30,31);2H,1H3;;1H2/q;;;+1;/p-1. The van der Waals surface area contributed by atoms with Crippen molar-refractivity contribution in [3.8, 4) is 53.7 Å². The molecular formula is C48H39Cl2F6LiN4O6S2. The molecule has 0 aliphatic carbocycles. The molecule has 4 aromatic carbocycles. The van der Waals surface area contributed by atoms with Crippen LogP contribution in [0.15, 0.2) is 122 Å². The minimum Gasteiger partial charge on any atom is -0.870 e. The molecule has 21 heteroatoms. The number of aliphatic hydroxyl groups excluding tert-OH is 1. The summed E-state index contributed by atoms with van der Waals surface area (Å²) in [7, 11) is 2.34. The summed E-state index contributed by atoms with van der Waals surface area (Å²) in [6.07, 6.45) is -7.19. The molecule has 0 aliphatic rings. The van der Waals surface area contributed by atoms with Gasteiger partial charge in [0.25, 0.3) is 0 Å². The van der Waals surface area contributed by atoms with Crippen molar-refractivity contribution in [3.05, 3.63) is 165 Å². The number of benzene rings is 4. The maximum atomic E-state index is 13.5. The number of alkyl halides is 6. The Kier molecular flexibility index (Phi) is 19.2. The van der Waals surface area contributed by atoms with Crippen LogP contribution in [0.1, 0.15) is 33.6 Å². The molecule has 0 fully saturated rings. The zero-order chi connectivity index (χ0) is 48.8. The van der Waals surface area contributed by atoms with E-state index in [2.05, 4.69) is 9.97 Å². The monoisotopic (exact) mass is 1020 g/mol. The number of aliphatic hydroxyl groups is 1. The second-order valence-electron chi connectivity index (χ2n) is 14.5. The Labute approximate surface area is 421 Å². The number of methoxy groups -OCH3 is 1. The molecule has 0 radical (unpaired) electrons. The molecule has 0 amide bonds. The van der Waals surface area contributed by atoms with Crippen molar-refractivity contribution in [1.82, 2.24) is 19.1 Å². The van der Waals surface area contributed by atoms with E-state index >= 15 is 0 Å². The minimum absolute atomic E-state index is 0. The van der Waals surface area contributed by atoms with Crippen LogP contribution in [0.25, 0.3) is 53.7 Å². The molecule has 0 bridgehead atoms. The number of carboxylic acids is 1. The van der Waals surface area contributed by atoms with Crippen LogP contribution in [-0.2, 0) is 39.5 Å². The summed E-state index contributed by atoms with van der Waals surface area (Å²) < 4.78 is 88.0. The molecule has 8 rings (SSSR count). The number of aryl methyl sites for hydroxylation is 2. The number of imidazole rings is 2. The summed E-state index contributed by atoms with van der Waals surface area (Å²) in [4.78, 5) is 33.1. The quantitative estimate of drug-likeness (QED) is 0.0781. The largest absolute Gasteiger partial charge is 1.00 e. The summed E-state index contributed by atoms with van der Waals surface area (Å²) in [5.74, 6) is -0.941. The normalized spacial score (nSPS) is 11.0. The smallest absolute Gasteiger partial charge is 0.870 e. The number of ether oxygens (including phenoxy) is 1. The third kappa shape index (κ3) is 13.4. The fraction of sp³-hybridized carbons (Fsp3) is 0.167. The van der Waals surface area contributed by atoms with Crippen LogP contribution in [0.3, 0.4) is 0 Å². The molecule has 0 unspecified atom stereocenters. The van der Waals surface area contributed by atoms with Crippen LogP contribution in [0.2, 0.25) is 10.0 Å². The van der Waals surface area contributed by atoms with E-state index in [1.165, 1.54) is 38.9 Å². The molecular weight excluding hydrogens is 985 g/mol. The second-order valence-corrected chi connectivity index (χ2v) is 17.5. The van der Waals surface area contributed by atoms with Gasteiger partial charge in [-0.1, -0.05) is 83.9 Å². The molecule has 8 aromatic rings. The van der Waals surface area contributed by atoms with Gasteiger partial charge in [-0.25, -0.2) is 9.97 Å². The van der Waals surface area contributed by atoms with E-state index in [-0.39, 0.29) is 54.8 Å². The fourth-order valence-electron chi connectivity index (χ4n) is 6.89. The van der Waals surface area contributed by atoms with E-state index in [1.807, 2.05) is 50.2 Å². The SMILES string of the molecule is CO.COC(=O)Cc1ccc(-c2ccc(-c3nc(C(F)(F)F)cn3-c3ccccc3Cl)s2)c(C)c1.Cc1cc(CC(=O)O)ccc1-c1ccc(-c2nc(C(F)(F)F)cn2-c2ccccc2Cl)s1.[Li+].[OH-]. The van der Waals surface area contributed by atoms with Crippen molar-refractivity contribution in [1.29, 1.82) is 0 Å². The van der Waals surface area contributed by atoms with E-state index in [9.17, 15) is 35.9 Å². The molecule has 0 saturated carbocycles. The first-order chi connectivity index (χ1) is 31.8. The molecule has 0 spiro atoms. The Bertz CT molecular complexity index is 3060. The van der Waals surface area contributed by atoms with Gasteiger partial charge in [0, 0.05) is 29.3 Å². The van der Waals surface area contributed by atoms with Crippen molar-refractivity contribution in [3.63, 3.8) is 0 Å². The number of carbonyl (C=O) groups excluding carboxylic acids is 1. The zero-order valence-electron chi connectivity index (χ0n) is 37.2. The molecule has 4 aromatic heterocycles. The molecule has 4 heterocycles. The molecule has 356 valence electrons. The third-order valence-electron chi connectivity index (χ3n) is 9.91. The molecule has 3 N–H and O–H groups in total. The Morgan fingerprint density at radius 2 is 1.00 bits per heavy atom. The van der Waals surface area contributed by atoms with Gasteiger partial charge in [0.05, 0.1) is 51.1 Å². The number of hydrogen-bond donors (Lipinski definition) is 2. The summed E-state index contributed by atoms with van der Waals surface area (Å²) in [5.41, 5.74) is 3.94. The van der Waals surface area contributed by atoms with Gasteiger partial charge in [-0.15, -0.1) is 22.7 Å². The summed E-state index contributed by atoms with van der Waals surface area (Å²) in [6.45, 7) is 3.79. The van der Waals surface area contributed by atoms with Crippen molar-refractivity contribution in [2.75, 3.05) is 14.2 Å². The Morgan fingerprint density at radius 1 is 0.623 bits per heavy atom. The van der Waals surface area contributed by atoms with Gasteiger partial charge in [0.2, 0.25) is 0 Å². The topological polar surface area (TPSA) is 149 Å². The predicted molar refractivity (Wildman–Crippen MR) is 251 cm³/mol. The first-order valence-electron chi connectivity index (χ1n) is 19.8. The third-order valence-corrected chi connectivity index (χ3v) is 12.8. The van der Waals surface area contributed by atoms with Crippen LogP contribution < -0.4 is 18.9 Å². The van der Waals surface area contributed by atoms with Crippen LogP contribution in [0, 0.1) is 13.8 Å². The number of esters is 1. The van der Waals surface area contributed by atoms with Gasteiger partial charge in [0.1, 0.15) is 0 Å². The van der Waals surface area contributed by atoms with E-state index in [1.54, 1.807) is 72.8 Å². The first-order valence-corrected chi connectivity index (χ1v) is 22.2. The van der Waals surface area contributed by atoms with Gasteiger partial charge in [-0.2, -0.15) is 26.3 Å². The number of hydrogen-bond acceptors (Lipinski definition) is 9. The number of nitrogens with zero attached hydrogens (tertiary/aromatic N) is 4. The van der Waals surface area contributed by atoms with Crippen LogP contribution in [0.4, 0.5) is 26.3 Å². The Hall–Kier alpha value is -5.68. The van der Waals surface area contributed by atoms with E-state index < -0.39 is 29.7 Å². The number of halogens is 8. The minimum atomic E-state index is -4.60. The molecule has 69 heavy (non-hydrogen) atoms. The van der Waals surface area contributed by atoms with Crippen LogP contribution in [-0.4, -0.2) is 60.9 Å². The second kappa shape index (κ2) is 23.8. The van der Waals surface area contributed by atoms with Gasteiger partial charge in [-0.05, 0) is 95.8 Å². The number of rotatable bonds is 10. The van der Waals surface area contributed by atoms with Gasteiger partial charge < -0.3 is 20.4 Å². The zero-order valence-corrected chi connectivity index (χ0v) is 40.3. The molecule has 0 aliphatic heterocycles. The maximum absolute atomic E-state index is 13.5. The Morgan fingerprint density at radius 3 is 1.35 bits per heavy atom. The van der Waals surface area contributed by atoms with Crippen molar-refractivity contribution in [2.45, 2.75) is 39.0 Å². The van der Waals surface area contributed by atoms with Crippen molar-refractivity contribution < 1.29 is 75.2 Å². The van der Waals surface area contributed by atoms with Crippen molar-refractivity contribution in [2.24, 2.45) is 0 Å². The van der Waals surface area contributed by atoms with Gasteiger partial charge in [0.15, 0.2) is 23.0 Å². The molecule has 0 saturated heterocycles. The number of carboxylic acid groups (broad SMARTS) is 1. The number of para-hydroxylation sites is 2. The number of carbonyl (C=O) groups is 2. The van der Waals surface area contributed by atoms with Crippen LogP contribution >= 0.6 is 45.9 Å². The molecule has 10 nitrogen and oxygen atoms in total. The summed E-state index contributed by atoms with van der Waals surface area (Å²) in [5, 5.41) is 16.6. The maximum Gasteiger partial charge on any atom is 1.00 e. The van der Waals surface area contributed by atoms with E-state index in [0.29, 0.717) is 36.7 Å². The molecule has 0 atom stereocenters. The van der Waals surface area contributed by atoms with E-state index in [4.69, 9.17) is 38.2 Å². The summed E-state index contributed by atoms with van der Waals surface area (Å²) >= 11 is 15.1. The average molecular weight is 1020 g/mol.